The van der Waals surface area contributed by atoms with Crippen molar-refractivity contribution in [2.24, 2.45) is 5.73 Å². The lowest BCUT2D eigenvalue weighted by molar-refractivity contribution is 0.1000. The first kappa shape index (κ1) is 15.0. The van der Waals surface area contributed by atoms with Crippen LogP contribution in [-0.2, 0) is 10.0 Å². The summed E-state index contributed by atoms with van der Waals surface area (Å²) in [7, 11) is -3.56. The van der Waals surface area contributed by atoms with Crippen molar-refractivity contribution in [2.75, 3.05) is 13.1 Å². The minimum absolute atomic E-state index is 0.0988. The third-order valence-electron chi connectivity index (χ3n) is 3.32. The van der Waals surface area contributed by atoms with E-state index in [4.69, 9.17) is 5.73 Å². The van der Waals surface area contributed by atoms with Gasteiger partial charge in [-0.1, -0.05) is 6.42 Å². The summed E-state index contributed by atoms with van der Waals surface area (Å²) >= 11 is 0. The predicted molar refractivity (Wildman–Crippen MR) is 75.8 cm³/mol. The van der Waals surface area contributed by atoms with Crippen molar-refractivity contribution < 1.29 is 13.2 Å². The lowest BCUT2D eigenvalue weighted by Crippen LogP contribution is -2.40. The van der Waals surface area contributed by atoms with Gasteiger partial charge in [-0.25, -0.2) is 13.1 Å². The van der Waals surface area contributed by atoms with Crippen molar-refractivity contribution in [3.05, 3.63) is 29.8 Å². The number of primary amides is 1. The summed E-state index contributed by atoms with van der Waals surface area (Å²) in [4.78, 5) is 11.1. The fourth-order valence-corrected chi connectivity index (χ4v) is 3.48. The summed E-state index contributed by atoms with van der Waals surface area (Å²) < 4.78 is 27.2. The maximum atomic E-state index is 12.2. The average Bonchev–Trinajstić information content (AvgIpc) is 2.67. The van der Waals surface area contributed by atoms with Crippen molar-refractivity contribution in [3.63, 3.8) is 0 Å². The fraction of sp³-hybridized carbons (Fsp3) is 0.462. The van der Waals surface area contributed by atoms with Crippen LogP contribution in [0.25, 0.3) is 0 Å². The van der Waals surface area contributed by atoms with Crippen molar-refractivity contribution in [1.29, 1.82) is 0 Å². The van der Waals surface area contributed by atoms with Crippen LogP contribution in [0.2, 0.25) is 0 Å². The number of nitrogens with one attached hydrogen (secondary N) is 2. The van der Waals surface area contributed by atoms with Crippen molar-refractivity contribution >= 4 is 15.9 Å². The molecular formula is C13H19N3O3S. The molecule has 6 nitrogen and oxygen atoms in total. The minimum Gasteiger partial charge on any atom is -0.366 e. The minimum atomic E-state index is -3.56. The van der Waals surface area contributed by atoms with E-state index in [0.29, 0.717) is 12.1 Å². The Labute approximate surface area is 118 Å². The molecule has 4 N–H and O–H groups in total. The molecule has 1 heterocycles. The van der Waals surface area contributed by atoms with Gasteiger partial charge < -0.3 is 11.1 Å². The molecule has 0 radical (unpaired) electrons. The van der Waals surface area contributed by atoms with Gasteiger partial charge in [0, 0.05) is 18.2 Å². The predicted octanol–water partition coefficient (Wildman–Crippen LogP) is 0.206. The van der Waals surface area contributed by atoms with E-state index >= 15 is 0 Å². The summed E-state index contributed by atoms with van der Waals surface area (Å²) in [5, 5.41) is 3.21. The maximum Gasteiger partial charge on any atom is 0.248 e. The number of carbonyl (C=O) groups is 1. The van der Waals surface area contributed by atoms with Gasteiger partial charge in [0.15, 0.2) is 0 Å². The van der Waals surface area contributed by atoms with E-state index in [2.05, 4.69) is 10.0 Å². The summed E-state index contributed by atoms with van der Waals surface area (Å²) in [5.74, 6) is -0.574. The molecular weight excluding hydrogens is 278 g/mol. The Morgan fingerprint density at radius 3 is 2.60 bits per heavy atom. The lowest BCUT2D eigenvalue weighted by Gasteiger charge is -2.16. The molecule has 1 atom stereocenters. The van der Waals surface area contributed by atoms with E-state index in [1.807, 2.05) is 0 Å². The molecule has 1 aliphatic rings. The number of nitrogens with two attached hydrogens (primary N) is 1. The van der Waals surface area contributed by atoms with Gasteiger partial charge in [-0.2, -0.15) is 0 Å². The number of hydrogen-bond acceptors (Lipinski definition) is 4. The molecule has 7 heteroatoms. The summed E-state index contributed by atoms with van der Waals surface area (Å²) in [5.41, 5.74) is 5.42. The number of hydrogen-bond donors (Lipinski definition) is 3. The van der Waals surface area contributed by atoms with Gasteiger partial charge in [-0.3, -0.25) is 4.79 Å². The van der Waals surface area contributed by atoms with Crippen LogP contribution in [0.1, 0.15) is 29.6 Å². The van der Waals surface area contributed by atoms with E-state index in [0.717, 1.165) is 25.8 Å². The quantitative estimate of drug-likeness (QED) is 0.739. The molecule has 0 aliphatic carbocycles. The topological polar surface area (TPSA) is 101 Å². The van der Waals surface area contributed by atoms with Gasteiger partial charge in [0.05, 0.1) is 4.90 Å². The second kappa shape index (κ2) is 6.34. The summed E-state index contributed by atoms with van der Waals surface area (Å²) in [6, 6.07) is 5.53. The molecule has 0 aromatic heterocycles. The summed E-state index contributed by atoms with van der Waals surface area (Å²) in [6.07, 6.45) is 2.89. The zero-order chi connectivity index (χ0) is 14.6. The van der Waals surface area contributed by atoms with Crippen LogP contribution in [-0.4, -0.2) is 33.5 Å². The van der Waals surface area contributed by atoms with Crippen LogP contribution in [0.3, 0.4) is 0 Å². The second-order valence-corrected chi connectivity index (χ2v) is 6.62. The van der Waals surface area contributed by atoms with E-state index in [1.54, 1.807) is 0 Å². The van der Waals surface area contributed by atoms with Crippen LogP contribution < -0.4 is 15.8 Å². The highest BCUT2D eigenvalue weighted by atomic mass is 32.2. The molecule has 1 unspecified atom stereocenters. The number of rotatable bonds is 4. The average molecular weight is 297 g/mol. The molecule has 0 bridgehead atoms. The molecule has 1 fully saturated rings. The molecule has 1 aromatic carbocycles. The first-order chi connectivity index (χ1) is 9.49. The van der Waals surface area contributed by atoms with Crippen molar-refractivity contribution in [2.45, 2.75) is 30.2 Å². The third-order valence-corrected chi connectivity index (χ3v) is 4.85. The molecule has 1 aliphatic heterocycles. The van der Waals surface area contributed by atoms with Gasteiger partial charge in [-0.15, -0.1) is 0 Å². The van der Waals surface area contributed by atoms with Gasteiger partial charge in [0.1, 0.15) is 0 Å². The summed E-state index contributed by atoms with van der Waals surface area (Å²) in [6.45, 7) is 1.56. The fourth-order valence-electron chi connectivity index (χ4n) is 2.21. The maximum absolute atomic E-state index is 12.2. The smallest absolute Gasteiger partial charge is 0.248 e. The SMILES string of the molecule is NC(=O)c1ccc(S(=O)(=O)NC2CCCCNC2)cc1. The Morgan fingerprint density at radius 2 is 1.95 bits per heavy atom. The van der Waals surface area contributed by atoms with Crippen molar-refractivity contribution in [3.8, 4) is 0 Å². The second-order valence-electron chi connectivity index (χ2n) is 4.91. The Balaban J connectivity index is 2.10. The van der Waals surface area contributed by atoms with E-state index in [9.17, 15) is 13.2 Å². The highest BCUT2D eigenvalue weighted by Crippen LogP contribution is 2.13. The van der Waals surface area contributed by atoms with E-state index < -0.39 is 15.9 Å². The van der Waals surface area contributed by atoms with E-state index in [1.165, 1.54) is 24.3 Å². The molecule has 0 saturated carbocycles. The lowest BCUT2D eigenvalue weighted by atomic mass is 10.2. The van der Waals surface area contributed by atoms with Crippen LogP contribution >= 0.6 is 0 Å². The standard InChI is InChI=1S/C13H19N3O3S/c14-13(17)10-4-6-12(7-5-10)20(18,19)16-11-3-1-2-8-15-9-11/h4-7,11,15-16H,1-3,8-9H2,(H2,14,17). The zero-order valence-electron chi connectivity index (χ0n) is 11.1. The number of sulfonamides is 1. The zero-order valence-corrected chi connectivity index (χ0v) is 11.9. The molecule has 20 heavy (non-hydrogen) atoms. The molecule has 1 aromatic rings. The molecule has 2 rings (SSSR count). The first-order valence-corrected chi connectivity index (χ1v) is 8.10. The number of amides is 1. The van der Waals surface area contributed by atoms with Crippen LogP contribution in [0.5, 0.6) is 0 Å². The molecule has 1 amide bonds. The number of carbonyl (C=O) groups excluding carboxylic acids is 1. The van der Waals surface area contributed by atoms with Crippen LogP contribution in [0.15, 0.2) is 29.2 Å². The molecule has 0 spiro atoms. The third kappa shape index (κ3) is 3.78. The van der Waals surface area contributed by atoms with E-state index in [-0.39, 0.29) is 10.9 Å². The highest BCUT2D eigenvalue weighted by Gasteiger charge is 2.21. The Morgan fingerprint density at radius 1 is 1.25 bits per heavy atom. The van der Waals surface area contributed by atoms with Crippen molar-refractivity contribution in [1.82, 2.24) is 10.0 Å². The Hall–Kier alpha value is -1.44. The highest BCUT2D eigenvalue weighted by molar-refractivity contribution is 7.89. The number of benzene rings is 1. The monoisotopic (exact) mass is 297 g/mol. The van der Waals surface area contributed by atoms with Gasteiger partial charge in [0.2, 0.25) is 15.9 Å². The van der Waals surface area contributed by atoms with Gasteiger partial charge in [0.25, 0.3) is 0 Å². The van der Waals surface area contributed by atoms with Gasteiger partial charge >= 0.3 is 0 Å². The Bertz CT molecular complexity index is 561. The first-order valence-electron chi connectivity index (χ1n) is 6.62. The van der Waals surface area contributed by atoms with Crippen LogP contribution in [0.4, 0.5) is 0 Å². The molecule has 1 saturated heterocycles. The molecule has 110 valence electrons. The normalized spacial score (nSPS) is 20.3. The largest absolute Gasteiger partial charge is 0.366 e. The Kier molecular flexibility index (Phi) is 4.74. The van der Waals surface area contributed by atoms with Crippen LogP contribution in [0, 0.1) is 0 Å². The van der Waals surface area contributed by atoms with Gasteiger partial charge in [-0.05, 0) is 43.7 Å².